The zero-order valence-electron chi connectivity index (χ0n) is 17.4. The van der Waals surface area contributed by atoms with E-state index in [0.717, 1.165) is 13.1 Å². The first-order chi connectivity index (χ1) is 15.0. The van der Waals surface area contributed by atoms with Crippen LogP contribution in [0.2, 0.25) is 0 Å². The number of ether oxygens (including phenoxy) is 2. The van der Waals surface area contributed by atoms with E-state index in [1.54, 1.807) is 18.2 Å². The van der Waals surface area contributed by atoms with Crippen LogP contribution in [-0.4, -0.2) is 81.0 Å². The van der Waals surface area contributed by atoms with Crippen LogP contribution in [0.3, 0.4) is 0 Å². The van der Waals surface area contributed by atoms with Crippen LogP contribution >= 0.6 is 0 Å². The summed E-state index contributed by atoms with van der Waals surface area (Å²) < 4.78 is 15.6. The van der Waals surface area contributed by atoms with E-state index in [1.165, 1.54) is 13.2 Å². The van der Waals surface area contributed by atoms with Gasteiger partial charge in [-0.05, 0) is 17.7 Å². The van der Waals surface area contributed by atoms with Gasteiger partial charge in [-0.1, -0.05) is 0 Å². The molecule has 10 nitrogen and oxygen atoms in total. The summed E-state index contributed by atoms with van der Waals surface area (Å²) in [6, 6.07) is 5.12. The third-order valence-corrected chi connectivity index (χ3v) is 5.05. The number of hydrogen-bond acceptors (Lipinski definition) is 8. The molecule has 1 fully saturated rings. The maximum atomic E-state index is 12.5. The van der Waals surface area contributed by atoms with Crippen molar-refractivity contribution in [2.45, 2.75) is 12.5 Å². The largest absolute Gasteiger partial charge is 0.497 e. The zero-order valence-corrected chi connectivity index (χ0v) is 17.4. The van der Waals surface area contributed by atoms with Gasteiger partial charge in [-0.25, -0.2) is 4.79 Å². The lowest BCUT2D eigenvalue weighted by Crippen LogP contribution is -2.51. The van der Waals surface area contributed by atoms with Gasteiger partial charge < -0.3 is 29.6 Å². The molecule has 10 heteroatoms. The number of amides is 2. The molecule has 2 heterocycles. The third kappa shape index (κ3) is 6.27. The van der Waals surface area contributed by atoms with Crippen molar-refractivity contribution >= 4 is 22.8 Å². The minimum Gasteiger partial charge on any atom is -0.497 e. The topological polar surface area (TPSA) is 130 Å². The van der Waals surface area contributed by atoms with E-state index in [-0.39, 0.29) is 6.42 Å². The lowest BCUT2D eigenvalue weighted by atomic mass is 10.1. The number of aliphatic hydroxyl groups is 1. The van der Waals surface area contributed by atoms with E-state index < -0.39 is 30.1 Å². The van der Waals surface area contributed by atoms with Crippen LogP contribution in [0.15, 0.2) is 33.5 Å². The van der Waals surface area contributed by atoms with E-state index in [9.17, 15) is 19.5 Å². The second kappa shape index (κ2) is 10.9. The zero-order chi connectivity index (χ0) is 22.2. The summed E-state index contributed by atoms with van der Waals surface area (Å²) in [4.78, 5) is 38.9. The standard InChI is InChI=1S/C21H27N3O7/c1-29-15-2-3-16-14(11-20(27)31-18(16)12-15)10-19(26)23-17(13-25)21(28)22-4-5-24-6-8-30-9-7-24/h2-3,11-12,17,25H,4-10,13H2,1H3,(H,22,28)(H,23,26)/t17-/m0/s1. The number of fused-ring (bicyclic) bond motifs is 1. The summed E-state index contributed by atoms with van der Waals surface area (Å²) >= 11 is 0. The minimum absolute atomic E-state index is 0.147. The van der Waals surface area contributed by atoms with Crippen molar-refractivity contribution in [3.8, 4) is 5.75 Å². The average Bonchev–Trinajstić information content (AvgIpc) is 2.77. The van der Waals surface area contributed by atoms with Gasteiger partial charge in [0.25, 0.3) is 0 Å². The molecule has 0 unspecified atom stereocenters. The van der Waals surface area contributed by atoms with Gasteiger partial charge >= 0.3 is 5.63 Å². The number of carbonyl (C=O) groups is 2. The van der Waals surface area contributed by atoms with E-state index in [0.29, 0.717) is 48.6 Å². The SMILES string of the molecule is COc1ccc2c(CC(=O)N[C@@H](CO)C(=O)NCCN3CCOCC3)cc(=O)oc2c1. The third-order valence-electron chi connectivity index (χ3n) is 5.05. The second-order valence-electron chi connectivity index (χ2n) is 7.18. The van der Waals surface area contributed by atoms with Crippen molar-refractivity contribution < 1.29 is 28.6 Å². The van der Waals surface area contributed by atoms with Crippen LogP contribution in [0, 0.1) is 0 Å². The Kier molecular flexibility index (Phi) is 7.99. The highest BCUT2D eigenvalue weighted by molar-refractivity contribution is 5.91. The molecule has 1 atom stereocenters. The molecular weight excluding hydrogens is 406 g/mol. The van der Waals surface area contributed by atoms with Crippen molar-refractivity contribution in [3.05, 3.63) is 40.2 Å². The smallest absolute Gasteiger partial charge is 0.336 e. The number of carbonyl (C=O) groups excluding carboxylic acids is 2. The molecule has 168 valence electrons. The first kappa shape index (κ1) is 22.7. The molecule has 1 saturated heterocycles. The molecule has 0 spiro atoms. The van der Waals surface area contributed by atoms with Gasteiger partial charge in [0.2, 0.25) is 11.8 Å². The van der Waals surface area contributed by atoms with E-state index in [1.807, 2.05) is 0 Å². The Morgan fingerprint density at radius 2 is 2.03 bits per heavy atom. The van der Waals surface area contributed by atoms with Gasteiger partial charge in [0.15, 0.2) is 0 Å². The van der Waals surface area contributed by atoms with Crippen LogP contribution in [0.4, 0.5) is 0 Å². The highest BCUT2D eigenvalue weighted by atomic mass is 16.5. The molecule has 3 N–H and O–H groups in total. The molecule has 1 aromatic heterocycles. The number of aliphatic hydroxyl groups excluding tert-OH is 1. The number of methoxy groups -OCH3 is 1. The quantitative estimate of drug-likeness (QED) is 0.441. The monoisotopic (exact) mass is 433 g/mol. The van der Waals surface area contributed by atoms with Crippen LogP contribution in [0.25, 0.3) is 11.0 Å². The van der Waals surface area contributed by atoms with E-state index in [4.69, 9.17) is 13.9 Å². The van der Waals surface area contributed by atoms with Crippen molar-refractivity contribution in [1.29, 1.82) is 0 Å². The highest BCUT2D eigenvalue weighted by Gasteiger charge is 2.21. The summed E-state index contributed by atoms with van der Waals surface area (Å²) in [6.07, 6.45) is -0.147. The van der Waals surface area contributed by atoms with Gasteiger partial charge in [0.05, 0.1) is 33.4 Å². The summed E-state index contributed by atoms with van der Waals surface area (Å²) in [5.74, 6) is -0.442. The average molecular weight is 433 g/mol. The molecule has 0 aliphatic carbocycles. The summed E-state index contributed by atoms with van der Waals surface area (Å²) in [7, 11) is 1.50. The minimum atomic E-state index is -1.08. The Morgan fingerprint density at radius 3 is 2.74 bits per heavy atom. The summed E-state index contributed by atoms with van der Waals surface area (Å²) in [5, 5.41) is 15.4. The Hall–Kier alpha value is -2.95. The number of benzene rings is 1. The van der Waals surface area contributed by atoms with E-state index >= 15 is 0 Å². The van der Waals surface area contributed by atoms with Crippen molar-refractivity contribution in [3.63, 3.8) is 0 Å². The first-order valence-electron chi connectivity index (χ1n) is 10.1. The molecule has 31 heavy (non-hydrogen) atoms. The normalized spacial score (nSPS) is 15.4. The molecule has 0 saturated carbocycles. The van der Waals surface area contributed by atoms with Crippen LogP contribution in [0.1, 0.15) is 5.56 Å². The summed E-state index contributed by atoms with van der Waals surface area (Å²) in [5.41, 5.74) is 0.160. The fourth-order valence-electron chi connectivity index (χ4n) is 3.38. The molecule has 2 amide bonds. The number of rotatable bonds is 9. The van der Waals surface area contributed by atoms with Crippen molar-refractivity contribution in [2.24, 2.45) is 0 Å². The fraction of sp³-hybridized carbons (Fsp3) is 0.476. The van der Waals surface area contributed by atoms with Crippen LogP contribution in [-0.2, 0) is 20.7 Å². The first-order valence-corrected chi connectivity index (χ1v) is 10.1. The Morgan fingerprint density at radius 1 is 1.26 bits per heavy atom. The van der Waals surface area contributed by atoms with Gasteiger partial charge in [0.1, 0.15) is 17.4 Å². The maximum absolute atomic E-state index is 12.5. The van der Waals surface area contributed by atoms with Gasteiger partial charge in [-0.2, -0.15) is 0 Å². The lowest BCUT2D eigenvalue weighted by Gasteiger charge is -2.26. The van der Waals surface area contributed by atoms with Gasteiger partial charge in [0, 0.05) is 43.7 Å². The number of morpholine rings is 1. The molecule has 1 aromatic carbocycles. The number of nitrogens with one attached hydrogen (secondary N) is 2. The van der Waals surface area contributed by atoms with Crippen molar-refractivity contribution in [2.75, 3.05) is 53.1 Å². The van der Waals surface area contributed by atoms with Crippen LogP contribution in [0.5, 0.6) is 5.75 Å². The molecule has 1 aliphatic rings. The molecule has 0 bridgehead atoms. The van der Waals surface area contributed by atoms with Gasteiger partial charge in [-0.15, -0.1) is 0 Å². The Bertz CT molecular complexity index is 969. The lowest BCUT2D eigenvalue weighted by molar-refractivity contribution is -0.129. The predicted octanol–water partition coefficient (Wildman–Crippen LogP) is -0.730. The number of nitrogens with zero attached hydrogens (tertiary/aromatic N) is 1. The molecule has 1 aliphatic heterocycles. The highest BCUT2D eigenvalue weighted by Crippen LogP contribution is 2.22. The molecule has 2 aromatic rings. The number of hydrogen-bond donors (Lipinski definition) is 3. The van der Waals surface area contributed by atoms with Gasteiger partial charge in [-0.3, -0.25) is 14.5 Å². The second-order valence-corrected chi connectivity index (χ2v) is 7.18. The molecule has 0 radical (unpaired) electrons. The predicted molar refractivity (Wildman–Crippen MR) is 112 cm³/mol. The van der Waals surface area contributed by atoms with Crippen LogP contribution < -0.4 is 21.0 Å². The molecular formula is C21H27N3O7. The fourth-order valence-corrected chi connectivity index (χ4v) is 3.38. The maximum Gasteiger partial charge on any atom is 0.336 e. The Labute approximate surface area is 179 Å². The Balaban J connectivity index is 1.58. The van der Waals surface area contributed by atoms with Crippen molar-refractivity contribution in [1.82, 2.24) is 15.5 Å². The molecule has 3 rings (SSSR count). The summed E-state index contributed by atoms with van der Waals surface area (Å²) in [6.45, 7) is 3.48. The van der Waals surface area contributed by atoms with E-state index in [2.05, 4.69) is 15.5 Å².